The molecule has 3 aromatic rings. The number of amides is 1. The lowest BCUT2D eigenvalue weighted by Crippen LogP contribution is -2.48. The van der Waals surface area contributed by atoms with Crippen LogP contribution >= 0.6 is 0 Å². The van der Waals surface area contributed by atoms with Crippen molar-refractivity contribution in [3.63, 3.8) is 0 Å². The summed E-state index contributed by atoms with van der Waals surface area (Å²) in [7, 11) is 1.36. The summed E-state index contributed by atoms with van der Waals surface area (Å²) in [6.45, 7) is 6.16. The number of nitrogens with zero attached hydrogens (tertiary/aromatic N) is 4. The number of tetrazole rings is 1. The SMILES string of the molecule is CCCCC(=O)N(Cc1ccc(-c2ccccc2)c(-c2nn[nH]n2)c1)[C@H](C(=O)OC)C(C)C. The number of carbonyl (C=O) groups is 2. The van der Waals surface area contributed by atoms with Gasteiger partial charge in [0.05, 0.1) is 7.11 Å². The van der Waals surface area contributed by atoms with Crippen molar-refractivity contribution in [3.05, 3.63) is 54.1 Å². The topological polar surface area (TPSA) is 101 Å². The van der Waals surface area contributed by atoms with Crippen molar-refractivity contribution < 1.29 is 14.3 Å². The number of unbranched alkanes of at least 4 members (excludes halogenated alkanes) is 1. The molecular weight excluding hydrogens is 418 g/mol. The van der Waals surface area contributed by atoms with Crippen molar-refractivity contribution in [2.45, 2.75) is 52.6 Å². The number of esters is 1. The van der Waals surface area contributed by atoms with Gasteiger partial charge in [0.25, 0.3) is 0 Å². The van der Waals surface area contributed by atoms with Gasteiger partial charge in [0.15, 0.2) is 0 Å². The molecule has 0 radical (unpaired) electrons. The van der Waals surface area contributed by atoms with Gasteiger partial charge in [-0.3, -0.25) is 4.79 Å². The van der Waals surface area contributed by atoms with Crippen LogP contribution in [0, 0.1) is 5.92 Å². The summed E-state index contributed by atoms with van der Waals surface area (Å²) in [5.74, 6) is -0.0976. The molecule has 0 saturated heterocycles. The van der Waals surface area contributed by atoms with Crippen LogP contribution in [0.15, 0.2) is 48.5 Å². The van der Waals surface area contributed by atoms with E-state index in [0.29, 0.717) is 12.2 Å². The molecule has 1 aromatic heterocycles. The summed E-state index contributed by atoms with van der Waals surface area (Å²) in [4.78, 5) is 27.4. The number of nitrogens with one attached hydrogen (secondary N) is 1. The molecule has 0 bridgehead atoms. The van der Waals surface area contributed by atoms with Gasteiger partial charge in [-0.1, -0.05) is 69.7 Å². The summed E-state index contributed by atoms with van der Waals surface area (Å²) >= 11 is 0. The van der Waals surface area contributed by atoms with Gasteiger partial charge in [-0.25, -0.2) is 4.79 Å². The Morgan fingerprint density at radius 1 is 1.09 bits per heavy atom. The van der Waals surface area contributed by atoms with E-state index in [1.54, 1.807) is 4.90 Å². The lowest BCUT2D eigenvalue weighted by molar-refractivity contribution is -0.155. The Bertz CT molecular complexity index is 1050. The number of aromatic amines is 1. The molecule has 0 saturated carbocycles. The maximum Gasteiger partial charge on any atom is 0.328 e. The van der Waals surface area contributed by atoms with E-state index in [1.807, 2.05) is 69.3 Å². The van der Waals surface area contributed by atoms with Crippen molar-refractivity contribution in [2.75, 3.05) is 7.11 Å². The van der Waals surface area contributed by atoms with E-state index in [2.05, 4.69) is 20.6 Å². The molecule has 0 aliphatic heterocycles. The molecule has 0 unspecified atom stereocenters. The van der Waals surface area contributed by atoms with Gasteiger partial charge in [0.1, 0.15) is 6.04 Å². The van der Waals surface area contributed by atoms with Crippen LogP contribution in [0.4, 0.5) is 0 Å². The van der Waals surface area contributed by atoms with Crippen LogP contribution in [0.25, 0.3) is 22.5 Å². The fourth-order valence-corrected chi connectivity index (χ4v) is 3.91. The van der Waals surface area contributed by atoms with Crippen LogP contribution in [0.5, 0.6) is 0 Å². The molecule has 2 aromatic carbocycles. The molecule has 1 amide bonds. The van der Waals surface area contributed by atoms with E-state index in [9.17, 15) is 9.59 Å². The first kappa shape index (κ1) is 24.1. The second kappa shape index (κ2) is 11.4. The molecule has 33 heavy (non-hydrogen) atoms. The van der Waals surface area contributed by atoms with Crippen LogP contribution in [-0.2, 0) is 20.9 Å². The van der Waals surface area contributed by atoms with Crippen molar-refractivity contribution in [1.29, 1.82) is 0 Å². The van der Waals surface area contributed by atoms with E-state index in [-0.39, 0.29) is 18.4 Å². The third-order valence-corrected chi connectivity index (χ3v) is 5.58. The Morgan fingerprint density at radius 3 is 2.45 bits per heavy atom. The molecule has 3 rings (SSSR count). The highest BCUT2D eigenvalue weighted by Crippen LogP contribution is 2.31. The average Bonchev–Trinajstić information content (AvgIpc) is 3.37. The Morgan fingerprint density at radius 2 is 1.85 bits per heavy atom. The molecule has 0 aliphatic rings. The first-order valence-electron chi connectivity index (χ1n) is 11.3. The zero-order valence-electron chi connectivity index (χ0n) is 19.6. The van der Waals surface area contributed by atoms with Crippen LogP contribution in [0.2, 0.25) is 0 Å². The Labute approximate surface area is 194 Å². The Balaban J connectivity index is 2.02. The number of rotatable bonds is 10. The highest BCUT2D eigenvalue weighted by molar-refractivity contribution is 5.85. The molecule has 8 nitrogen and oxygen atoms in total. The monoisotopic (exact) mass is 449 g/mol. The first-order chi connectivity index (χ1) is 16.0. The van der Waals surface area contributed by atoms with Crippen molar-refractivity contribution >= 4 is 11.9 Å². The van der Waals surface area contributed by atoms with Gasteiger partial charge in [-0.05, 0) is 40.3 Å². The van der Waals surface area contributed by atoms with Gasteiger partial charge in [-0.15, -0.1) is 10.2 Å². The van der Waals surface area contributed by atoms with Gasteiger partial charge in [-0.2, -0.15) is 5.21 Å². The molecule has 0 spiro atoms. The minimum atomic E-state index is -0.665. The van der Waals surface area contributed by atoms with Crippen LogP contribution in [-0.4, -0.2) is 50.6 Å². The lowest BCUT2D eigenvalue weighted by atomic mass is 9.96. The summed E-state index contributed by atoms with van der Waals surface area (Å²) < 4.78 is 5.04. The number of benzene rings is 2. The molecular formula is C25H31N5O3. The Hall–Kier alpha value is -3.55. The largest absolute Gasteiger partial charge is 0.467 e. The quantitative estimate of drug-likeness (QED) is 0.464. The summed E-state index contributed by atoms with van der Waals surface area (Å²) in [6.07, 6.45) is 2.05. The lowest BCUT2D eigenvalue weighted by Gasteiger charge is -2.33. The number of ether oxygens (including phenoxy) is 1. The second-order valence-electron chi connectivity index (χ2n) is 8.32. The highest BCUT2D eigenvalue weighted by Gasteiger charge is 2.33. The molecule has 1 N–H and O–H groups in total. The van der Waals surface area contributed by atoms with Crippen molar-refractivity contribution in [2.24, 2.45) is 5.92 Å². The number of carbonyl (C=O) groups excluding carboxylic acids is 2. The molecule has 1 heterocycles. The zero-order chi connectivity index (χ0) is 23.8. The number of hydrogen-bond acceptors (Lipinski definition) is 6. The number of aromatic nitrogens is 4. The third kappa shape index (κ3) is 5.83. The summed E-state index contributed by atoms with van der Waals surface area (Å²) in [6, 6.07) is 15.2. The average molecular weight is 450 g/mol. The maximum absolute atomic E-state index is 13.2. The van der Waals surface area contributed by atoms with E-state index in [1.165, 1.54) is 7.11 Å². The fourth-order valence-electron chi connectivity index (χ4n) is 3.91. The predicted molar refractivity (Wildman–Crippen MR) is 126 cm³/mol. The minimum Gasteiger partial charge on any atom is -0.467 e. The zero-order valence-corrected chi connectivity index (χ0v) is 19.6. The first-order valence-corrected chi connectivity index (χ1v) is 11.3. The number of hydrogen-bond donors (Lipinski definition) is 1. The van der Waals surface area contributed by atoms with Gasteiger partial charge < -0.3 is 9.64 Å². The molecule has 174 valence electrons. The third-order valence-electron chi connectivity index (χ3n) is 5.58. The van der Waals surface area contributed by atoms with Crippen LogP contribution < -0.4 is 0 Å². The smallest absolute Gasteiger partial charge is 0.328 e. The van der Waals surface area contributed by atoms with E-state index in [0.717, 1.165) is 35.1 Å². The summed E-state index contributed by atoms with van der Waals surface area (Å²) in [5.41, 5.74) is 3.65. The second-order valence-corrected chi connectivity index (χ2v) is 8.32. The van der Waals surface area contributed by atoms with E-state index < -0.39 is 12.0 Å². The predicted octanol–water partition coefficient (Wildman–Crippen LogP) is 4.25. The molecule has 0 aliphatic carbocycles. The molecule has 8 heteroatoms. The Kier molecular flexibility index (Phi) is 8.29. The van der Waals surface area contributed by atoms with Gasteiger partial charge >= 0.3 is 5.97 Å². The normalized spacial score (nSPS) is 11.9. The van der Waals surface area contributed by atoms with Crippen LogP contribution in [0.3, 0.4) is 0 Å². The minimum absolute atomic E-state index is 0.0609. The molecule has 1 atom stereocenters. The highest BCUT2D eigenvalue weighted by atomic mass is 16.5. The summed E-state index contributed by atoms with van der Waals surface area (Å²) in [5, 5.41) is 14.6. The number of methoxy groups -OCH3 is 1. The van der Waals surface area contributed by atoms with Crippen molar-refractivity contribution in [1.82, 2.24) is 25.5 Å². The molecule has 0 fully saturated rings. The standard InChI is InChI=1S/C25H31N5O3/c1-5-6-12-22(31)30(23(17(2)3)25(32)33-4)16-18-13-14-20(19-10-8-7-9-11-19)21(15-18)24-26-28-29-27-24/h7-11,13-15,17,23H,5-6,12,16H2,1-4H3,(H,26,27,28,29)/t23-/m0/s1. The van der Waals surface area contributed by atoms with Crippen LogP contribution in [0.1, 0.15) is 45.6 Å². The fraction of sp³-hybridized carbons (Fsp3) is 0.400. The number of H-pyrrole nitrogens is 1. The van der Waals surface area contributed by atoms with Gasteiger partial charge in [0.2, 0.25) is 11.7 Å². The maximum atomic E-state index is 13.2. The van der Waals surface area contributed by atoms with E-state index in [4.69, 9.17) is 4.74 Å². The van der Waals surface area contributed by atoms with Gasteiger partial charge in [0, 0.05) is 18.5 Å². The van der Waals surface area contributed by atoms with Crippen molar-refractivity contribution in [3.8, 4) is 22.5 Å². The van der Waals surface area contributed by atoms with E-state index >= 15 is 0 Å².